The van der Waals surface area contributed by atoms with E-state index in [1.54, 1.807) is 12.1 Å². The molecule has 0 unspecified atom stereocenters. The first kappa shape index (κ1) is 15.6. The highest BCUT2D eigenvalue weighted by atomic mass is 79.9. The van der Waals surface area contributed by atoms with Crippen molar-refractivity contribution >= 4 is 33.5 Å². The molecule has 0 aromatic heterocycles. The zero-order valence-electron chi connectivity index (χ0n) is 11.7. The van der Waals surface area contributed by atoms with Crippen LogP contribution in [-0.2, 0) is 9.59 Å². The van der Waals surface area contributed by atoms with Crippen LogP contribution < -0.4 is 14.8 Å². The largest absolute Gasteiger partial charge is 0.486 e. The summed E-state index contributed by atoms with van der Waals surface area (Å²) in [5.74, 6) is -0.229. The first-order chi connectivity index (χ1) is 9.79. The number of anilines is 1. The third kappa shape index (κ3) is 3.66. The Balaban J connectivity index is 2.12. The van der Waals surface area contributed by atoms with E-state index in [1.165, 1.54) is 13.8 Å². The van der Waals surface area contributed by atoms with E-state index in [0.29, 0.717) is 34.9 Å². The molecule has 0 atom stereocenters. The fraction of sp³-hybridized carbons (Fsp3) is 0.429. The van der Waals surface area contributed by atoms with E-state index in [-0.39, 0.29) is 12.3 Å². The van der Waals surface area contributed by atoms with E-state index >= 15 is 0 Å². The number of nitrogens with one attached hydrogen (secondary N) is 1. The van der Waals surface area contributed by atoms with Gasteiger partial charge in [0, 0.05) is 23.0 Å². The lowest BCUT2D eigenvalue weighted by Crippen LogP contribution is -2.29. The van der Waals surface area contributed by atoms with Crippen LogP contribution in [0.25, 0.3) is 0 Å². The number of carboxylic acids is 1. The fourth-order valence-electron chi connectivity index (χ4n) is 1.83. The van der Waals surface area contributed by atoms with Crippen LogP contribution in [0.15, 0.2) is 16.6 Å². The summed E-state index contributed by atoms with van der Waals surface area (Å²) in [5.41, 5.74) is -0.602. The second-order valence-electron chi connectivity index (χ2n) is 5.39. The number of hydrogen-bond donors (Lipinski definition) is 2. The summed E-state index contributed by atoms with van der Waals surface area (Å²) in [6.45, 7) is 3.95. The monoisotopic (exact) mass is 357 g/mol. The first-order valence-corrected chi connectivity index (χ1v) is 7.21. The van der Waals surface area contributed by atoms with Crippen LogP contribution >= 0.6 is 15.9 Å². The normalized spacial score (nSPS) is 13.7. The molecule has 1 aromatic rings. The minimum atomic E-state index is -1.12. The van der Waals surface area contributed by atoms with Crippen molar-refractivity contribution in [2.45, 2.75) is 20.3 Å². The number of rotatable bonds is 4. The van der Waals surface area contributed by atoms with Gasteiger partial charge < -0.3 is 19.9 Å². The van der Waals surface area contributed by atoms with Crippen LogP contribution in [0.1, 0.15) is 20.3 Å². The first-order valence-electron chi connectivity index (χ1n) is 6.42. The number of amides is 1. The maximum atomic E-state index is 12.0. The van der Waals surface area contributed by atoms with Crippen LogP contribution in [0.5, 0.6) is 11.5 Å². The molecule has 1 heterocycles. The summed E-state index contributed by atoms with van der Waals surface area (Å²) in [6.07, 6.45) is -0.122. The van der Waals surface area contributed by atoms with Gasteiger partial charge in [-0.3, -0.25) is 9.59 Å². The Morgan fingerprint density at radius 2 is 1.86 bits per heavy atom. The number of carbonyl (C=O) groups excluding carboxylic acids is 1. The Labute approximate surface area is 130 Å². The molecule has 0 radical (unpaired) electrons. The molecular weight excluding hydrogens is 342 g/mol. The lowest BCUT2D eigenvalue weighted by atomic mass is 9.89. The quantitative estimate of drug-likeness (QED) is 0.865. The molecule has 7 heteroatoms. The predicted octanol–water partition coefficient (Wildman–Crippen LogP) is 2.66. The van der Waals surface area contributed by atoms with Gasteiger partial charge in [-0.1, -0.05) is 0 Å². The van der Waals surface area contributed by atoms with Gasteiger partial charge in [-0.25, -0.2) is 0 Å². The number of hydrogen-bond acceptors (Lipinski definition) is 4. The van der Waals surface area contributed by atoms with Gasteiger partial charge in [0.2, 0.25) is 5.91 Å². The molecule has 0 saturated heterocycles. The summed E-state index contributed by atoms with van der Waals surface area (Å²) in [4.78, 5) is 23.0. The van der Waals surface area contributed by atoms with E-state index in [1.807, 2.05) is 0 Å². The van der Waals surface area contributed by atoms with Gasteiger partial charge in [0.05, 0.1) is 11.1 Å². The molecular formula is C14H16BrNO5. The average Bonchev–Trinajstić information content (AvgIpc) is 2.38. The molecule has 6 nitrogen and oxygen atoms in total. The smallest absolute Gasteiger partial charge is 0.309 e. The number of benzene rings is 1. The molecule has 2 N–H and O–H groups in total. The van der Waals surface area contributed by atoms with Crippen molar-refractivity contribution in [3.63, 3.8) is 0 Å². The number of fused-ring (bicyclic) bond motifs is 1. The average molecular weight is 358 g/mol. The predicted molar refractivity (Wildman–Crippen MR) is 79.8 cm³/mol. The Hall–Kier alpha value is -1.76. The number of aliphatic carboxylic acids is 1. The maximum absolute atomic E-state index is 12.0. The molecule has 0 aliphatic carbocycles. The molecule has 0 fully saturated rings. The Kier molecular flexibility index (Phi) is 4.41. The topological polar surface area (TPSA) is 84.9 Å². The highest BCUT2D eigenvalue weighted by Gasteiger charge is 2.30. The molecule has 2 rings (SSSR count). The SMILES string of the molecule is CC(C)(CC(=O)Nc1cc2c(cc1Br)OCCO2)C(=O)O. The second kappa shape index (κ2) is 5.93. The van der Waals surface area contributed by atoms with E-state index in [4.69, 9.17) is 14.6 Å². The maximum Gasteiger partial charge on any atom is 0.309 e. The molecule has 1 aliphatic heterocycles. The summed E-state index contributed by atoms with van der Waals surface area (Å²) in [6, 6.07) is 3.37. The number of carbonyl (C=O) groups is 2. The van der Waals surface area contributed by atoms with E-state index < -0.39 is 11.4 Å². The number of carboxylic acid groups (broad SMARTS) is 1. The van der Waals surface area contributed by atoms with Crippen LogP contribution in [0, 0.1) is 5.41 Å². The van der Waals surface area contributed by atoms with Gasteiger partial charge in [-0.2, -0.15) is 0 Å². The lowest BCUT2D eigenvalue weighted by Gasteiger charge is -2.21. The second-order valence-corrected chi connectivity index (χ2v) is 6.24. The van der Waals surface area contributed by atoms with Crippen molar-refractivity contribution in [3.8, 4) is 11.5 Å². The molecule has 0 saturated carbocycles. The van der Waals surface area contributed by atoms with Crippen molar-refractivity contribution in [1.29, 1.82) is 0 Å². The molecule has 1 aliphatic rings. The van der Waals surface area contributed by atoms with Gasteiger partial charge in [0.1, 0.15) is 13.2 Å². The van der Waals surface area contributed by atoms with Gasteiger partial charge in [0.25, 0.3) is 0 Å². The van der Waals surface area contributed by atoms with Crippen molar-refractivity contribution < 1.29 is 24.2 Å². The minimum absolute atomic E-state index is 0.122. The summed E-state index contributed by atoms with van der Waals surface area (Å²) >= 11 is 3.35. The van der Waals surface area contributed by atoms with E-state index in [2.05, 4.69) is 21.2 Å². The van der Waals surface area contributed by atoms with E-state index in [0.717, 1.165) is 0 Å². The van der Waals surface area contributed by atoms with Gasteiger partial charge in [-0.15, -0.1) is 0 Å². The van der Waals surface area contributed by atoms with Gasteiger partial charge >= 0.3 is 5.97 Å². The summed E-state index contributed by atoms with van der Waals surface area (Å²) in [5, 5.41) is 11.7. The molecule has 0 bridgehead atoms. The Morgan fingerprint density at radius 3 is 2.43 bits per heavy atom. The standard InChI is InChI=1S/C14H16BrNO5/c1-14(2,13(18)19)7-12(17)16-9-6-11-10(5-8(9)15)20-3-4-21-11/h5-6H,3-4,7H2,1-2H3,(H,16,17)(H,18,19). The third-order valence-corrected chi connectivity index (χ3v) is 3.74. The molecule has 1 aromatic carbocycles. The number of ether oxygens (including phenoxy) is 2. The van der Waals surface area contributed by atoms with Crippen LogP contribution in [0.3, 0.4) is 0 Å². The summed E-state index contributed by atoms with van der Waals surface area (Å²) in [7, 11) is 0. The van der Waals surface area contributed by atoms with Crippen LogP contribution in [-0.4, -0.2) is 30.2 Å². The van der Waals surface area contributed by atoms with E-state index in [9.17, 15) is 9.59 Å². The van der Waals surface area contributed by atoms with Crippen molar-refractivity contribution in [2.75, 3.05) is 18.5 Å². The zero-order valence-corrected chi connectivity index (χ0v) is 13.3. The Morgan fingerprint density at radius 1 is 1.29 bits per heavy atom. The van der Waals surface area contributed by atoms with Gasteiger partial charge in [-0.05, 0) is 29.8 Å². The summed E-state index contributed by atoms with van der Waals surface area (Å²) < 4.78 is 11.5. The highest BCUT2D eigenvalue weighted by molar-refractivity contribution is 9.10. The highest BCUT2D eigenvalue weighted by Crippen LogP contribution is 2.38. The van der Waals surface area contributed by atoms with Crippen molar-refractivity contribution in [1.82, 2.24) is 0 Å². The Bertz CT molecular complexity index is 585. The molecule has 1 amide bonds. The van der Waals surface area contributed by atoms with Crippen molar-refractivity contribution in [2.24, 2.45) is 5.41 Å². The zero-order chi connectivity index (χ0) is 15.6. The number of halogens is 1. The lowest BCUT2D eigenvalue weighted by molar-refractivity contribution is -0.148. The molecule has 0 spiro atoms. The van der Waals surface area contributed by atoms with Crippen molar-refractivity contribution in [3.05, 3.63) is 16.6 Å². The third-order valence-electron chi connectivity index (χ3n) is 3.09. The minimum Gasteiger partial charge on any atom is -0.486 e. The van der Waals surface area contributed by atoms with Crippen LogP contribution in [0.4, 0.5) is 5.69 Å². The molecule has 21 heavy (non-hydrogen) atoms. The molecule has 114 valence electrons. The fourth-order valence-corrected chi connectivity index (χ4v) is 2.25. The van der Waals surface area contributed by atoms with Crippen LogP contribution in [0.2, 0.25) is 0 Å². The van der Waals surface area contributed by atoms with Gasteiger partial charge in [0.15, 0.2) is 11.5 Å².